The highest BCUT2D eigenvalue weighted by atomic mass is 19.2. The number of carbonyl (C=O) groups excluding carboxylic acids is 1. The third kappa shape index (κ3) is 2.77. The number of amides is 1. The predicted molar refractivity (Wildman–Crippen MR) is 87.1 cm³/mol. The third-order valence-electron chi connectivity index (χ3n) is 4.72. The van der Waals surface area contributed by atoms with Crippen LogP contribution in [0.2, 0.25) is 0 Å². The fraction of sp³-hybridized carbons (Fsp3) is 0.263. The van der Waals surface area contributed by atoms with Gasteiger partial charge in [0.2, 0.25) is 0 Å². The molecule has 1 N–H and O–H groups in total. The molecule has 0 fully saturated rings. The summed E-state index contributed by atoms with van der Waals surface area (Å²) in [5, 5.41) is 9.72. The molecule has 6 heteroatoms. The van der Waals surface area contributed by atoms with Crippen molar-refractivity contribution in [2.24, 2.45) is 0 Å². The van der Waals surface area contributed by atoms with E-state index in [1.807, 2.05) is 0 Å². The van der Waals surface area contributed by atoms with Crippen LogP contribution < -0.4 is 0 Å². The molecule has 0 aromatic heterocycles. The Morgan fingerprint density at radius 3 is 2.48 bits per heavy atom. The van der Waals surface area contributed by atoms with Crippen LogP contribution in [0.4, 0.5) is 8.78 Å². The zero-order chi connectivity index (χ0) is 18.4. The summed E-state index contributed by atoms with van der Waals surface area (Å²) >= 11 is 0. The Balaban J connectivity index is 2.08. The van der Waals surface area contributed by atoms with Crippen molar-refractivity contribution in [3.8, 4) is 0 Å². The SMILES string of the molecule is CC1(C)C(C(=O)O)c2ccccc2C(=O)N1Cc1ccc(F)c(F)c1. The third-order valence-corrected chi connectivity index (χ3v) is 4.72. The van der Waals surface area contributed by atoms with Crippen LogP contribution in [0.15, 0.2) is 42.5 Å². The highest BCUT2D eigenvalue weighted by molar-refractivity contribution is 6.00. The molecule has 25 heavy (non-hydrogen) atoms. The van der Waals surface area contributed by atoms with Gasteiger partial charge in [-0.15, -0.1) is 0 Å². The zero-order valence-corrected chi connectivity index (χ0v) is 13.8. The van der Waals surface area contributed by atoms with Crippen molar-refractivity contribution in [1.82, 2.24) is 4.90 Å². The molecule has 1 amide bonds. The predicted octanol–water partition coefficient (Wildman–Crippen LogP) is 3.57. The summed E-state index contributed by atoms with van der Waals surface area (Å²) in [5.41, 5.74) is 0.134. The molecule has 1 unspecified atom stereocenters. The van der Waals surface area contributed by atoms with Gasteiger partial charge in [-0.3, -0.25) is 9.59 Å². The summed E-state index contributed by atoms with van der Waals surface area (Å²) in [6.45, 7) is 3.32. The standard InChI is InChI=1S/C19H17F2NO3/c1-19(2)16(18(24)25)12-5-3-4-6-13(12)17(23)22(19)10-11-7-8-14(20)15(21)9-11/h3-9,16H,10H2,1-2H3,(H,24,25). The fourth-order valence-corrected chi connectivity index (χ4v) is 3.42. The number of nitrogens with zero attached hydrogens (tertiary/aromatic N) is 1. The van der Waals surface area contributed by atoms with Gasteiger partial charge in [0, 0.05) is 12.1 Å². The minimum Gasteiger partial charge on any atom is -0.481 e. The van der Waals surface area contributed by atoms with Crippen molar-refractivity contribution in [3.05, 3.63) is 70.8 Å². The molecule has 0 bridgehead atoms. The Bertz CT molecular complexity index is 863. The second-order valence-corrected chi connectivity index (χ2v) is 6.65. The van der Waals surface area contributed by atoms with Gasteiger partial charge in [-0.2, -0.15) is 0 Å². The molecule has 130 valence electrons. The summed E-state index contributed by atoms with van der Waals surface area (Å²) in [4.78, 5) is 26.2. The molecule has 1 aliphatic heterocycles. The molecule has 0 saturated carbocycles. The normalized spacial score (nSPS) is 18.8. The average Bonchev–Trinajstić information content (AvgIpc) is 2.54. The van der Waals surface area contributed by atoms with Crippen molar-refractivity contribution in [2.45, 2.75) is 31.8 Å². The number of aliphatic carboxylic acids is 1. The van der Waals surface area contributed by atoms with Crippen molar-refractivity contribution in [3.63, 3.8) is 0 Å². The van der Waals surface area contributed by atoms with Crippen molar-refractivity contribution >= 4 is 11.9 Å². The first-order chi connectivity index (χ1) is 11.7. The minimum atomic E-state index is -1.04. The Kier molecular flexibility index (Phi) is 4.06. The van der Waals surface area contributed by atoms with E-state index < -0.39 is 29.1 Å². The number of hydrogen-bond acceptors (Lipinski definition) is 2. The molecule has 4 nitrogen and oxygen atoms in total. The van der Waals surface area contributed by atoms with Crippen LogP contribution in [-0.2, 0) is 11.3 Å². The molecule has 0 spiro atoms. The number of carboxylic acid groups (broad SMARTS) is 1. The number of hydrogen-bond donors (Lipinski definition) is 1. The highest BCUT2D eigenvalue weighted by Gasteiger charge is 2.48. The molecule has 1 aliphatic rings. The van der Waals surface area contributed by atoms with Gasteiger partial charge in [0.25, 0.3) is 5.91 Å². The van der Waals surface area contributed by atoms with Crippen LogP contribution in [0, 0.1) is 11.6 Å². The zero-order valence-electron chi connectivity index (χ0n) is 13.8. The maximum absolute atomic E-state index is 13.5. The van der Waals surface area contributed by atoms with Crippen LogP contribution in [0.3, 0.4) is 0 Å². The number of carbonyl (C=O) groups is 2. The molecule has 0 saturated heterocycles. The van der Waals surface area contributed by atoms with Crippen LogP contribution in [0.5, 0.6) is 0 Å². The first-order valence-corrected chi connectivity index (χ1v) is 7.81. The lowest BCUT2D eigenvalue weighted by Crippen LogP contribution is -2.56. The number of halogens is 2. The van der Waals surface area contributed by atoms with Gasteiger partial charge in [-0.25, -0.2) is 8.78 Å². The van der Waals surface area contributed by atoms with Crippen molar-refractivity contribution in [1.29, 1.82) is 0 Å². The molecule has 1 heterocycles. The van der Waals surface area contributed by atoms with Crippen LogP contribution in [0.25, 0.3) is 0 Å². The van der Waals surface area contributed by atoms with E-state index in [9.17, 15) is 23.5 Å². The second-order valence-electron chi connectivity index (χ2n) is 6.65. The molecule has 0 radical (unpaired) electrons. The van der Waals surface area contributed by atoms with Gasteiger partial charge in [-0.05, 0) is 43.2 Å². The van der Waals surface area contributed by atoms with Gasteiger partial charge >= 0.3 is 5.97 Å². The second kappa shape index (κ2) is 5.95. The van der Waals surface area contributed by atoms with E-state index in [-0.39, 0.29) is 12.5 Å². The first-order valence-electron chi connectivity index (χ1n) is 7.81. The van der Waals surface area contributed by atoms with Gasteiger partial charge in [0.1, 0.15) is 5.92 Å². The maximum Gasteiger partial charge on any atom is 0.313 e. The minimum absolute atomic E-state index is 0.0128. The first kappa shape index (κ1) is 17.1. The van der Waals surface area contributed by atoms with Gasteiger partial charge in [-0.1, -0.05) is 24.3 Å². The summed E-state index contributed by atoms with van der Waals surface area (Å²) < 4.78 is 26.6. The smallest absolute Gasteiger partial charge is 0.313 e. The summed E-state index contributed by atoms with van der Waals surface area (Å²) in [6, 6.07) is 10.00. The Hall–Kier alpha value is -2.76. The lowest BCUT2D eigenvalue weighted by atomic mass is 9.74. The number of rotatable bonds is 3. The van der Waals surface area contributed by atoms with E-state index in [0.717, 1.165) is 12.1 Å². The summed E-state index contributed by atoms with van der Waals surface area (Å²) in [6.07, 6.45) is 0. The largest absolute Gasteiger partial charge is 0.481 e. The van der Waals surface area contributed by atoms with Crippen LogP contribution in [-0.4, -0.2) is 27.4 Å². The monoisotopic (exact) mass is 345 g/mol. The Morgan fingerprint density at radius 1 is 1.16 bits per heavy atom. The van der Waals surface area contributed by atoms with Gasteiger partial charge in [0.05, 0.1) is 5.54 Å². The quantitative estimate of drug-likeness (QED) is 0.925. The number of benzene rings is 2. The van der Waals surface area contributed by atoms with Gasteiger partial charge in [0.15, 0.2) is 11.6 Å². The van der Waals surface area contributed by atoms with Crippen LogP contribution in [0.1, 0.15) is 41.3 Å². The molecule has 1 atom stereocenters. The maximum atomic E-state index is 13.5. The van der Waals surface area contributed by atoms with Crippen LogP contribution >= 0.6 is 0 Å². The molecular formula is C19H17F2NO3. The average molecular weight is 345 g/mol. The molecule has 3 rings (SSSR count). The van der Waals surface area contributed by atoms with E-state index in [1.54, 1.807) is 38.1 Å². The highest BCUT2D eigenvalue weighted by Crippen LogP contribution is 2.41. The molecule has 2 aromatic carbocycles. The Morgan fingerprint density at radius 2 is 1.84 bits per heavy atom. The van der Waals surface area contributed by atoms with E-state index in [4.69, 9.17) is 0 Å². The van der Waals surface area contributed by atoms with E-state index >= 15 is 0 Å². The number of fused-ring (bicyclic) bond motifs is 1. The lowest BCUT2D eigenvalue weighted by molar-refractivity contribution is -0.142. The molecule has 0 aliphatic carbocycles. The van der Waals surface area contributed by atoms with E-state index in [2.05, 4.69) is 0 Å². The van der Waals surface area contributed by atoms with Crippen molar-refractivity contribution < 1.29 is 23.5 Å². The summed E-state index contributed by atoms with van der Waals surface area (Å²) in [7, 11) is 0. The Labute approximate surface area is 143 Å². The van der Waals surface area contributed by atoms with Gasteiger partial charge < -0.3 is 10.0 Å². The van der Waals surface area contributed by atoms with Crippen molar-refractivity contribution in [2.75, 3.05) is 0 Å². The topological polar surface area (TPSA) is 57.6 Å². The van der Waals surface area contributed by atoms with E-state index in [0.29, 0.717) is 16.7 Å². The summed E-state index contributed by atoms with van der Waals surface area (Å²) in [5.74, 6) is -4.27. The lowest BCUT2D eigenvalue weighted by Gasteiger charge is -2.46. The molecular weight excluding hydrogens is 328 g/mol. The molecule has 2 aromatic rings. The fourth-order valence-electron chi connectivity index (χ4n) is 3.42. The van der Waals surface area contributed by atoms with E-state index in [1.165, 1.54) is 11.0 Å². The number of carboxylic acids is 1.